The predicted octanol–water partition coefficient (Wildman–Crippen LogP) is 20.9. The van der Waals surface area contributed by atoms with Crippen molar-refractivity contribution >= 4 is 17.9 Å². The monoisotopic (exact) mass is 1000 g/mol. The van der Waals surface area contributed by atoms with Crippen LogP contribution >= 0.6 is 0 Å². The van der Waals surface area contributed by atoms with Gasteiger partial charge >= 0.3 is 17.9 Å². The lowest BCUT2D eigenvalue weighted by atomic mass is 10.0. The molecule has 1 unspecified atom stereocenters. The molecule has 0 radical (unpaired) electrons. The highest BCUT2D eigenvalue weighted by molar-refractivity contribution is 5.71. The molecule has 0 aliphatic heterocycles. The van der Waals surface area contributed by atoms with Crippen molar-refractivity contribution in [2.45, 2.75) is 316 Å². The molecule has 416 valence electrons. The Morgan fingerprint density at radius 3 is 0.903 bits per heavy atom. The fraction of sp³-hybridized carbons (Fsp3) is 0.773. The van der Waals surface area contributed by atoms with E-state index in [1.165, 1.54) is 167 Å². The third-order valence-electron chi connectivity index (χ3n) is 13.4. The molecule has 6 nitrogen and oxygen atoms in total. The number of allylic oxidation sites excluding steroid dienone is 12. The molecule has 0 aromatic carbocycles. The van der Waals surface area contributed by atoms with Crippen LogP contribution in [0.5, 0.6) is 0 Å². The maximum absolute atomic E-state index is 12.8. The van der Waals surface area contributed by atoms with Crippen LogP contribution in [0, 0.1) is 0 Å². The van der Waals surface area contributed by atoms with E-state index in [1.54, 1.807) is 0 Å². The van der Waals surface area contributed by atoms with Gasteiger partial charge in [-0.1, -0.05) is 261 Å². The second-order valence-corrected chi connectivity index (χ2v) is 20.6. The fourth-order valence-electron chi connectivity index (χ4n) is 8.76. The van der Waals surface area contributed by atoms with Crippen LogP contribution in [-0.4, -0.2) is 37.2 Å². The Labute approximate surface area is 446 Å². The topological polar surface area (TPSA) is 78.9 Å². The number of carbonyl (C=O) groups excluding carboxylic acids is 3. The Bertz CT molecular complexity index is 1340. The minimum Gasteiger partial charge on any atom is -0.462 e. The molecule has 0 aromatic rings. The summed E-state index contributed by atoms with van der Waals surface area (Å²) in [7, 11) is 0. The third-order valence-corrected chi connectivity index (χ3v) is 13.4. The summed E-state index contributed by atoms with van der Waals surface area (Å²) in [5.41, 5.74) is 0. The van der Waals surface area contributed by atoms with Crippen molar-refractivity contribution in [1.82, 2.24) is 0 Å². The Balaban J connectivity index is 4.08. The first-order chi connectivity index (χ1) is 35.5. The molecule has 6 heteroatoms. The summed E-state index contributed by atoms with van der Waals surface area (Å²) in [5.74, 6) is -0.887. The van der Waals surface area contributed by atoms with Gasteiger partial charge in [0.15, 0.2) is 6.10 Å². The molecule has 0 N–H and O–H groups in total. The standard InChI is InChI=1S/C66H116O6/c1-4-7-10-13-16-19-22-24-25-26-27-28-29-30-31-32-33-34-35-36-37-38-39-40-41-42-45-47-50-53-56-59-65(68)71-62-63(61-70-64(67)58-55-52-49-46-43-21-18-15-12-9-6-3)72-66(69)60-57-54-51-48-44-23-20-17-14-11-8-5-2/h7,10,15-20,24-25,27-28,63H,4-6,8-9,11-14,21-23,26,29-62H2,1-3H3/b10-7-,18-15-,19-16-,20-17-,25-24-,28-27-. The molecule has 0 aliphatic rings. The van der Waals surface area contributed by atoms with Crippen molar-refractivity contribution in [1.29, 1.82) is 0 Å². The van der Waals surface area contributed by atoms with Gasteiger partial charge in [-0.05, 0) is 103 Å². The van der Waals surface area contributed by atoms with Gasteiger partial charge in [0.1, 0.15) is 13.2 Å². The average Bonchev–Trinajstić information content (AvgIpc) is 3.38. The Morgan fingerprint density at radius 1 is 0.292 bits per heavy atom. The van der Waals surface area contributed by atoms with Crippen LogP contribution in [0.3, 0.4) is 0 Å². The zero-order valence-corrected chi connectivity index (χ0v) is 47.7. The minimum absolute atomic E-state index is 0.0781. The number of carbonyl (C=O) groups is 3. The lowest BCUT2D eigenvalue weighted by Crippen LogP contribution is -2.30. The van der Waals surface area contributed by atoms with E-state index in [1.807, 2.05) is 0 Å². The molecule has 0 saturated heterocycles. The van der Waals surface area contributed by atoms with E-state index in [-0.39, 0.29) is 31.1 Å². The molecule has 0 saturated carbocycles. The smallest absolute Gasteiger partial charge is 0.306 e. The number of rotatable bonds is 56. The minimum atomic E-state index is -0.779. The Hall–Kier alpha value is -3.15. The largest absolute Gasteiger partial charge is 0.462 e. The van der Waals surface area contributed by atoms with Crippen molar-refractivity contribution in [2.24, 2.45) is 0 Å². The van der Waals surface area contributed by atoms with Gasteiger partial charge in [0.25, 0.3) is 0 Å². The molecular formula is C66H116O6. The average molecular weight is 1010 g/mol. The van der Waals surface area contributed by atoms with E-state index >= 15 is 0 Å². The van der Waals surface area contributed by atoms with Gasteiger partial charge in [-0.2, -0.15) is 0 Å². The Morgan fingerprint density at radius 2 is 0.556 bits per heavy atom. The highest BCUT2D eigenvalue weighted by atomic mass is 16.6. The van der Waals surface area contributed by atoms with Crippen LogP contribution in [0.25, 0.3) is 0 Å². The van der Waals surface area contributed by atoms with Gasteiger partial charge in [-0.15, -0.1) is 0 Å². The van der Waals surface area contributed by atoms with Crippen molar-refractivity contribution in [3.8, 4) is 0 Å². The molecular weight excluding hydrogens is 889 g/mol. The third kappa shape index (κ3) is 57.7. The van der Waals surface area contributed by atoms with E-state index in [2.05, 4.69) is 93.7 Å². The quantitative estimate of drug-likeness (QED) is 0.0261. The number of unbranched alkanes of at least 4 members (excludes halogenated alkanes) is 33. The van der Waals surface area contributed by atoms with Crippen LogP contribution in [0.4, 0.5) is 0 Å². The van der Waals surface area contributed by atoms with Gasteiger partial charge in [-0.25, -0.2) is 0 Å². The van der Waals surface area contributed by atoms with Crippen LogP contribution in [0.2, 0.25) is 0 Å². The molecule has 0 rings (SSSR count). The molecule has 0 amide bonds. The number of ether oxygens (including phenoxy) is 3. The second-order valence-electron chi connectivity index (χ2n) is 20.6. The summed E-state index contributed by atoms with van der Waals surface area (Å²) in [6.07, 6.45) is 77.8. The number of hydrogen-bond donors (Lipinski definition) is 0. The molecule has 1 atom stereocenters. The fourth-order valence-corrected chi connectivity index (χ4v) is 8.76. The lowest BCUT2D eigenvalue weighted by molar-refractivity contribution is -0.167. The lowest BCUT2D eigenvalue weighted by Gasteiger charge is -2.18. The summed E-state index contributed by atoms with van der Waals surface area (Å²) in [4.78, 5) is 38.1. The highest BCUT2D eigenvalue weighted by Crippen LogP contribution is 2.17. The molecule has 0 aliphatic carbocycles. The highest BCUT2D eigenvalue weighted by Gasteiger charge is 2.19. The first kappa shape index (κ1) is 68.8. The van der Waals surface area contributed by atoms with Crippen molar-refractivity contribution in [2.75, 3.05) is 13.2 Å². The second kappa shape index (κ2) is 60.4. The number of hydrogen-bond acceptors (Lipinski definition) is 6. The van der Waals surface area contributed by atoms with E-state index in [4.69, 9.17) is 14.2 Å². The zero-order chi connectivity index (χ0) is 52.2. The van der Waals surface area contributed by atoms with Crippen molar-refractivity contribution < 1.29 is 28.6 Å². The molecule has 0 bridgehead atoms. The summed E-state index contributed by atoms with van der Waals surface area (Å²) in [5, 5.41) is 0. The van der Waals surface area contributed by atoms with Crippen molar-refractivity contribution in [3.05, 3.63) is 72.9 Å². The van der Waals surface area contributed by atoms with E-state index in [0.29, 0.717) is 19.3 Å². The van der Waals surface area contributed by atoms with E-state index in [9.17, 15) is 14.4 Å². The van der Waals surface area contributed by atoms with Crippen LogP contribution in [0.1, 0.15) is 310 Å². The Kier molecular flexibility index (Phi) is 57.8. The molecule has 0 heterocycles. The SMILES string of the molecule is CC/C=C\C/C=C\C/C=C\C/C=C\CCCCCCCCCCCCCCCCCCCCC(=O)OCC(COC(=O)CCCCCCC/C=C\CCCC)OC(=O)CCCCCCC/C=C\CCCCC. The normalized spacial score (nSPS) is 12.5. The molecule has 72 heavy (non-hydrogen) atoms. The zero-order valence-electron chi connectivity index (χ0n) is 47.7. The van der Waals surface area contributed by atoms with Crippen molar-refractivity contribution in [3.63, 3.8) is 0 Å². The maximum atomic E-state index is 12.8. The van der Waals surface area contributed by atoms with Gasteiger partial charge in [0, 0.05) is 19.3 Å². The summed E-state index contributed by atoms with van der Waals surface area (Å²) >= 11 is 0. The van der Waals surface area contributed by atoms with Gasteiger partial charge in [-0.3, -0.25) is 14.4 Å². The summed E-state index contributed by atoms with van der Waals surface area (Å²) in [6, 6.07) is 0. The van der Waals surface area contributed by atoms with Gasteiger partial charge in [0.2, 0.25) is 0 Å². The molecule has 0 fully saturated rings. The predicted molar refractivity (Wildman–Crippen MR) is 311 cm³/mol. The summed E-state index contributed by atoms with van der Waals surface area (Å²) < 4.78 is 16.8. The van der Waals surface area contributed by atoms with E-state index in [0.717, 1.165) is 103 Å². The number of esters is 3. The summed E-state index contributed by atoms with van der Waals surface area (Å²) in [6.45, 7) is 6.47. The van der Waals surface area contributed by atoms with Crippen LogP contribution in [0.15, 0.2) is 72.9 Å². The van der Waals surface area contributed by atoms with Gasteiger partial charge < -0.3 is 14.2 Å². The first-order valence-electron chi connectivity index (χ1n) is 30.9. The van der Waals surface area contributed by atoms with Crippen LogP contribution < -0.4 is 0 Å². The molecule has 0 aromatic heterocycles. The maximum Gasteiger partial charge on any atom is 0.306 e. The first-order valence-corrected chi connectivity index (χ1v) is 30.9. The van der Waals surface area contributed by atoms with E-state index < -0.39 is 6.10 Å². The van der Waals surface area contributed by atoms with Gasteiger partial charge in [0.05, 0.1) is 0 Å². The molecule has 0 spiro atoms. The van der Waals surface area contributed by atoms with Crippen LogP contribution in [-0.2, 0) is 28.6 Å².